The number of carboxylic acids is 1. The largest absolute Gasteiger partial charge is 0.480 e. The number of ether oxygens (including phenoxy) is 1. The first-order chi connectivity index (χ1) is 6.93. The summed E-state index contributed by atoms with van der Waals surface area (Å²) in [4.78, 5) is 10.7. The molecule has 0 aliphatic carbocycles. The van der Waals surface area contributed by atoms with Crippen LogP contribution < -0.4 is 4.72 Å². The van der Waals surface area contributed by atoms with Crippen LogP contribution in [0.4, 0.5) is 0 Å². The van der Waals surface area contributed by atoms with E-state index in [-0.39, 0.29) is 18.8 Å². The highest BCUT2D eigenvalue weighted by Crippen LogP contribution is 1.97. The maximum absolute atomic E-state index is 11.2. The average Bonchev–Trinajstić information content (AvgIpc) is 2.11. The molecule has 0 fully saturated rings. The van der Waals surface area contributed by atoms with Crippen LogP contribution in [0.25, 0.3) is 0 Å². The van der Waals surface area contributed by atoms with Gasteiger partial charge in [0.15, 0.2) is 0 Å². The first kappa shape index (κ1) is 14.1. The molecule has 6 nitrogen and oxygen atoms in total. The van der Waals surface area contributed by atoms with E-state index in [0.717, 1.165) is 0 Å². The lowest BCUT2D eigenvalue weighted by atomic mass is 10.2. The van der Waals surface area contributed by atoms with Crippen molar-refractivity contribution in [1.82, 2.24) is 4.72 Å². The summed E-state index contributed by atoms with van der Waals surface area (Å²) in [5, 5.41) is 8.72. The van der Waals surface area contributed by atoms with Crippen LogP contribution in [-0.2, 0) is 19.6 Å². The number of carbonyl (C=O) groups is 1. The standard InChI is InChI=1S/C8H15NO5S/c1-3-6-15(12,13)9-7(8(10)11)4-5-14-2/h3,7,9H,1,4-6H2,2H3,(H,10,11). The summed E-state index contributed by atoms with van der Waals surface area (Å²) in [5.41, 5.74) is 0. The number of sulfonamides is 1. The zero-order valence-corrected chi connectivity index (χ0v) is 9.29. The number of hydrogen-bond donors (Lipinski definition) is 2. The molecule has 0 aromatic carbocycles. The molecule has 0 heterocycles. The highest BCUT2D eigenvalue weighted by Gasteiger charge is 2.22. The van der Waals surface area contributed by atoms with Crippen LogP contribution >= 0.6 is 0 Å². The van der Waals surface area contributed by atoms with Crippen molar-refractivity contribution in [3.05, 3.63) is 12.7 Å². The third kappa shape index (κ3) is 6.21. The lowest BCUT2D eigenvalue weighted by Crippen LogP contribution is -2.42. The number of aliphatic carboxylic acids is 1. The fourth-order valence-corrected chi connectivity index (χ4v) is 1.95. The summed E-state index contributed by atoms with van der Waals surface area (Å²) >= 11 is 0. The van der Waals surface area contributed by atoms with Gasteiger partial charge in [-0.15, -0.1) is 6.58 Å². The molecule has 0 saturated carbocycles. The molecule has 88 valence electrons. The Labute approximate surface area is 89.0 Å². The van der Waals surface area contributed by atoms with Gasteiger partial charge in [-0.2, -0.15) is 0 Å². The van der Waals surface area contributed by atoms with Gasteiger partial charge in [-0.3, -0.25) is 4.79 Å². The first-order valence-electron chi connectivity index (χ1n) is 4.25. The van der Waals surface area contributed by atoms with Crippen LogP contribution in [0, 0.1) is 0 Å². The Hall–Kier alpha value is -0.920. The summed E-state index contributed by atoms with van der Waals surface area (Å²) in [6.07, 6.45) is 1.28. The van der Waals surface area contributed by atoms with Crippen LogP contribution in [0.1, 0.15) is 6.42 Å². The second-order valence-electron chi connectivity index (χ2n) is 2.86. The Bertz CT molecular complexity index is 311. The zero-order valence-electron chi connectivity index (χ0n) is 8.47. The summed E-state index contributed by atoms with van der Waals surface area (Å²) in [7, 11) is -2.20. The number of hydrogen-bond acceptors (Lipinski definition) is 4. The molecule has 0 amide bonds. The van der Waals surface area contributed by atoms with Crippen LogP contribution in [0.2, 0.25) is 0 Å². The molecule has 0 aliphatic heterocycles. The van der Waals surface area contributed by atoms with Crippen LogP contribution in [0.15, 0.2) is 12.7 Å². The Morgan fingerprint density at radius 1 is 1.67 bits per heavy atom. The molecule has 0 aromatic rings. The van der Waals surface area contributed by atoms with Gasteiger partial charge in [-0.05, 0) is 6.42 Å². The number of carboxylic acid groups (broad SMARTS) is 1. The van der Waals surface area contributed by atoms with Gasteiger partial charge in [0, 0.05) is 13.7 Å². The van der Waals surface area contributed by atoms with E-state index in [0.29, 0.717) is 0 Å². The lowest BCUT2D eigenvalue weighted by Gasteiger charge is -2.13. The van der Waals surface area contributed by atoms with Crippen molar-refractivity contribution < 1.29 is 23.1 Å². The van der Waals surface area contributed by atoms with Gasteiger partial charge in [0.2, 0.25) is 10.0 Å². The van der Waals surface area contributed by atoms with Gasteiger partial charge < -0.3 is 9.84 Å². The normalized spacial score (nSPS) is 13.4. The molecule has 0 rings (SSSR count). The topological polar surface area (TPSA) is 92.7 Å². The van der Waals surface area contributed by atoms with E-state index in [9.17, 15) is 13.2 Å². The van der Waals surface area contributed by atoms with Crippen LogP contribution in [-0.4, -0.2) is 45.0 Å². The van der Waals surface area contributed by atoms with E-state index in [1.54, 1.807) is 0 Å². The third-order valence-electron chi connectivity index (χ3n) is 1.57. The van der Waals surface area contributed by atoms with Crippen molar-refractivity contribution >= 4 is 16.0 Å². The molecule has 0 radical (unpaired) electrons. The number of methoxy groups -OCH3 is 1. The van der Waals surface area contributed by atoms with Gasteiger partial charge in [-0.1, -0.05) is 6.08 Å². The van der Waals surface area contributed by atoms with Gasteiger partial charge in [0.05, 0.1) is 5.75 Å². The van der Waals surface area contributed by atoms with Gasteiger partial charge in [-0.25, -0.2) is 13.1 Å². The van der Waals surface area contributed by atoms with Crippen molar-refractivity contribution in [1.29, 1.82) is 0 Å². The van der Waals surface area contributed by atoms with Crippen molar-refractivity contribution in [2.24, 2.45) is 0 Å². The molecule has 0 aromatic heterocycles. The van der Waals surface area contributed by atoms with Crippen LogP contribution in [0.3, 0.4) is 0 Å². The van der Waals surface area contributed by atoms with Crippen molar-refractivity contribution in [2.45, 2.75) is 12.5 Å². The van der Waals surface area contributed by atoms with E-state index < -0.39 is 22.0 Å². The predicted octanol–water partition coefficient (Wildman–Crippen LogP) is -0.418. The molecule has 15 heavy (non-hydrogen) atoms. The minimum absolute atomic E-state index is 0.0855. The second kappa shape index (κ2) is 6.54. The molecular formula is C8H15NO5S. The number of nitrogens with one attached hydrogen (secondary N) is 1. The second-order valence-corrected chi connectivity index (χ2v) is 4.66. The Balaban J connectivity index is 4.40. The Kier molecular flexibility index (Phi) is 6.14. The summed E-state index contributed by atoms with van der Waals surface area (Å²) in [5.74, 6) is -1.52. The quantitative estimate of drug-likeness (QED) is 0.559. The molecule has 0 saturated heterocycles. The molecule has 0 aliphatic rings. The SMILES string of the molecule is C=CCS(=O)(=O)NC(CCOC)C(=O)O. The molecular weight excluding hydrogens is 222 g/mol. The van der Waals surface area contributed by atoms with Crippen LogP contribution in [0.5, 0.6) is 0 Å². The highest BCUT2D eigenvalue weighted by atomic mass is 32.2. The van der Waals surface area contributed by atoms with E-state index in [4.69, 9.17) is 5.11 Å². The first-order valence-corrected chi connectivity index (χ1v) is 5.91. The van der Waals surface area contributed by atoms with E-state index in [1.165, 1.54) is 13.2 Å². The molecule has 7 heteroatoms. The van der Waals surface area contributed by atoms with Gasteiger partial charge in [0.25, 0.3) is 0 Å². The van der Waals surface area contributed by atoms with E-state index in [2.05, 4.69) is 11.3 Å². The Morgan fingerprint density at radius 3 is 2.67 bits per heavy atom. The third-order valence-corrected chi connectivity index (χ3v) is 2.89. The van der Waals surface area contributed by atoms with Gasteiger partial charge >= 0.3 is 5.97 Å². The van der Waals surface area contributed by atoms with Crippen molar-refractivity contribution in [2.75, 3.05) is 19.5 Å². The minimum Gasteiger partial charge on any atom is -0.480 e. The van der Waals surface area contributed by atoms with E-state index in [1.807, 2.05) is 4.72 Å². The summed E-state index contributed by atoms with van der Waals surface area (Å²) in [6, 6.07) is -1.16. The number of rotatable bonds is 8. The molecule has 0 spiro atoms. The summed E-state index contributed by atoms with van der Waals surface area (Å²) < 4.78 is 29.2. The fraction of sp³-hybridized carbons (Fsp3) is 0.625. The molecule has 1 atom stereocenters. The lowest BCUT2D eigenvalue weighted by molar-refractivity contribution is -0.139. The van der Waals surface area contributed by atoms with E-state index >= 15 is 0 Å². The van der Waals surface area contributed by atoms with Crippen molar-refractivity contribution in [3.63, 3.8) is 0 Å². The molecule has 1 unspecified atom stereocenters. The minimum atomic E-state index is -3.61. The molecule has 0 bridgehead atoms. The smallest absolute Gasteiger partial charge is 0.321 e. The van der Waals surface area contributed by atoms with Gasteiger partial charge in [0.1, 0.15) is 6.04 Å². The predicted molar refractivity (Wildman–Crippen MR) is 55.0 cm³/mol. The molecule has 2 N–H and O–H groups in total. The maximum Gasteiger partial charge on any atom is 0.321 e. The highest BCUT2D eigenvalue weighted by molar-refractivity contribution is 7.89. The maximum atomic E-state index is 11.2. The summed E-state index contributed by atoms with van der Waals surface area (Å²) in [6.45, 7) is 3.44. The zero-order chi connectivity index (χ0) is 11.9. The monoisotopic (exact) mass is 237 g/mol. The van der Waals surface area contributed by atoms with Crippen molar-refractivity contribution in [3.8, 4) is 0 Å². The Morgan fingerprint density at radius 2 is 2.27 bits per heavy atom. The fourth-order valence-electron chi connectivity index (χ4n) is 0.889. The average molecular weight is 237 g/mol.